The van der Waals surface area contributed by atoms with Crippen molar-refractivity contribution in [3.05, 3.63) is 149 Å². The van der Waals surface area contributed by atoms with Gasteiger partial charge in [-0.3, -0.25) is 20.9 Å². The summed E-state index contributed by atoms with van der Waals surface area (Å²) in [4.78, 5) is -2.27. The maximum Gasteiger partial charge on any atom is 0.297 e. The molecule has 35 atom stereocenters. The van der Waals surface area contributed by atoms with Gasteiger partial charge in [0.15, 0.2) is 60.7 Å². The molecule has 21 aliphatic heterocycles. The van der Waals surface area contributed by atoms with E-state index in [-0.39, 0.29) is 0 Å². The number of aliphatic hydroxyl groups is 14. The van der Waals surface area contributed by atoms with Gasteiger partial charge in [-0.2, -0.15) is 42.1 Å². The van der Waals surface area contributed by atoms with Gasteiger partial charge in [0.1, 0.15) is 171 Å². The predicted octanol–water partition coefficient (Wildman–Crippen LogP) is -0.564. The lowest BCUT2D eigenvalue weighted by Gasteiger charge is -2.50. The molecule has 21 saturated heterocycles. The molecule has 141 heavy (non-hydrogen) atoms. The second kappa shape index (κ2) is 45.0. The Labute approximate surface area is 819 Å². The van der Waals surface area contributed by atoms with Crippen LogP contribution in [0.15, 0.2) is 146 Å². The van der Waals surface area contributed by atoms with Gasteiger partial charge >= 0.3 is 0 Å². The van der Waals surface area contributed by atoms with Crippen molar-refractivity contribution in [3.63, 3.8) is 0 Å². The van der Waals surface area contributed by atoms with Crippen LogP contribution in [0.1, 0.15) is 69.4 Å². The monoisotopic (exact) mass is 2130 g/mol. The molecule has 0 amide bonds. The van der Waals surface area contributed by atoms with Crippen molar-refractivity contribution in [2.24, 2.45) is 0 Å². The molecule has 14 N–H and O–H groups in total. The van der Waals surface area contributed by atoms with Crippen LogP contribution in [0.5, 0.6) is 0 Å². The van der Waals surface area contributed by atoms with E-state index in [4.69, 9.17) is 96.1 Å². The smallest absolute Gasteiger partial charge is 0.297 e. The minimum atomic E-state index is -4.97. The lowest BCUT2D eigenvalue weighted by atomic mass is 9.95. The quantitative estimate of drug-likeness (QED) is 0.0244. The van der Waals surface area contributed by atoms with Crippen molar-refractivity contribution >= 4 is 67.2 Å². The Kier molecular flexibility index (Phi) is 36.0. The first-order valence-corrected chi connectivity index (χ1v) is 58.3. The number of ether oxygens (including phenoxy) is 14. The van der Waals surface area contributed by atoms with Gasteiger partial charge in [0, 0.05) is 0 Å². The molecule has 21 fully saturated rings. The predicted molar refractivity (Wildman–Crippen MR) is 487 cm³/mol. The third-order valence-electron chi connectivity index (χ3n) is 26.8. The van der Waals surface area contributed by atoms with Gasteiger partial charge in [-0.15, -0.1) is 0 Å². The fourth-order valence-electron chi connectivity index (χ4n) is 16.0. The highest BCUT2D eigenvalue weighted by molar-refractivity contribution is 7.87. The second-order valence-corrected chi connectivity index (χ2v) is 57.0. The van der Waals surface area contributed by atoms with Crippen molar-refractivity contribution in [1.82, 2.24) is 0 Å². The van der Waals surface area contributed by atoms with E-state index in [1.54, 1.807) is 60.8 Å². The van der Waals surface area contributed by atoms with Crippen LogP contribution in [0.2, 0.25) is 36.3 Å². The average molecular weight is 2130 g/mol. The third kappa shape index (κ3) is 26.0. The second-order valence-electron chi connectivity index (χ2n) is 39.3. The van der Waals surface area contributed by atoms with Crippen LogP contribution >= 0.6 is 0 Å². The molecule has 792 valence electrons. The van der Waals surface area contributed by atoms with Crippen LogP contribution in [-0.2, 0) is 147 Å². The fourth-order valence-corrected chi connectivity index (χ4v) is 22.6. The van der Waals surface area contributed by atoms with Gasteiger partial charge in [0.05, 0.1) is 70.7 Å². The van der Waals surface area contributed by atoms with E-state index in [0.717, 1.165) is 24.3 Å². The highest BCUT2D eigenvalue weighted by Crippen LogP contribution is 2.45. The van der Waals surface area contributed by atoms with Crippen molar-refractivity contribution < 1.29 is 210 Å². The normalized spacial score (nSPS) is 36.6. The summed E-state index contributed by atoms with van der Waals surface area (Å²) in [5.74, 6) is 0. The standard InChI is InChI=1S/C89H128O45S5Si2/c1-43-16-26-48(27-17-43)135(104,105)114-36-53-74-61(91)68(98)82(122-53)130-76-55(38-116-137(108,109)50-30-20-45(3)21-31-50)124-84(70(100)63(76)93)133-79-58(41-119-140(12,13)88(6,7)8)127-87(73(103)66(79)96)132-78-57(40-118-139(112,113)52-34-24-47(5)25-35-52)125-85(71(101)64(78)94)134-80-59(42-120-141(14,15)89(9,10)11)126-86(72(102)65(80)95)131-77-56(39-117-138(110,111)51-32-22-46(4)23-33-51)123-83(69(99)62(77)92)129-75-54(121-81(128-74)67(97)60(75)90)37-115-136(106,107)49-28-18-44(2)19-29-49/h16-35,53-87,90-103H,36-42H2,1-15H3/t53-,54-,55-,56-,57-,58-,59-,60-,61-,62-,63-,64-,65-,66-,67-,68-,69-,70-,71-,72-,73-,74-,75-,76-,77-,78-,79-,80-,81-,82-,83-,84-,85-,86-,87-/m1/s1. The molecular weight excluding hydrogens is 2010 g/mol. The topological polar surface area (TPSA) is 648 Å². The minimum Gasteiger partial charge on any atom is -0.414 e. The molecular formula is C89H128O45S5Si2. The highest BCUT2D eigenvalue weighted by Gasteiger charge is 2.62. The lowest BCUT2D eigenvalue weighted by Crippen LogP contribution is -2.68. The maximum absolute atomic E-state index is 14.3. The summed E-state index contributed by atoms with van der Waals surface area (Å²) in [6.45, 7) is 18.8. The molecule has 14 bridgehead atoms. The SMILES string of the molecule is Cc1ccc(S(=O)(=O)OC[C@H]2O[C@@H]3O[C@H]4[C@H](O)[C@@H](O)[C@@H](O[C@H]5[C@H](O)[C@@H](O)[C@@H](O[C@H]6[C@H](O)[C@@H](O)[C@@H](O[C@H]7[C@H](O)[C@@H](O)[C@@H](O[C@H]8[C@H](O)[C@@H](O)[C@@H](O[C@H]9[C@H](O)[C@@H](O)[C@@H](O[C@H]2[C@H](O)[C@H]3O)O[C@@H]9CO[Si](C)(C)C(C)(C)C)O[C@@H]8COS(=O)(=O)c2ccc(C)cc2)O[C@@H]7COS(=O)(=O)c2ccc(C)cc2)O[C@@H]6COS(=O)(=O)c2ccc(C)cc2)O[C@@H]5COS(=O)(=O)c2ccc(C)cc2)O[C@@H]4CO[Si](C)(C)C(C)(C)C)cc1. The molecule has 52 heteroatoms. The van der Waals surface area contributed by atoms with Gasteiger partial charge in [-0.25, -0.2) is 0 Å². The highest BCUT2D eigenvalue weighted by atomic mass is 32.2. The van der Waals surface area contributed by atoms with E-state index in [1.807, 2.05) is 41.5 Å². The van der Waals surface area contributed by atoms with Crippen LogP contribution in [0.25, 0.3) is 0 Å². The molecule has 45 nitrogen and oxygen atoms in total. The Morgan fingerprint density at radius 2 is 0.348 bits per heavy atom. The summed E-state index contributed by atoms with van der Waals surface area (Å²) in [6, 6.07) is 25.8. The zero-order valence-electron chi connectivity index (χ0n) is 79.7. The zero-order valence-corrected chi connectivity index (χ0v) is 85.7. The third-order valence-corrected chi connectivity index (χ3v) is 42.3. The molecule has 0 radical (unpaired) electrons. The van der Waals surface area contributed by atoms with E-state index in [0.29, 0.717) is 27.8 Å². The number of hydrogen-bond acceptors (Lipinski definition) is 45. The van der Waals surface area contributed by atoms with Crippen molar-refractivity contribution in [2.75, 3.05) is 46.2 Å². The Hall–Kier alpha value is -5.12. The van der Waals surface area contributed by atoms with E-state index in [2.05, 4.69) is 0 Å². The Bertz CT molecular complexity index is 5400. The van der Waals surface area contributed by atoms with Crippen LogP contribution < -0.4 is 0 Å². The Morgan fingerprint density at radius 1 is 0.220 bits per heavy atom. The molecule has 26 rings (SSSR count). The first-order valence-electron chi connectivity index (χ1n) is 45.5. The van der Waals surface area contributed by atoms with Crippen LogP contribution in [-0.4, -0.2) is 391 Å². The molecule has 21 heterocycles. The lowest BCUT2D eigenvalue weighted by molar-refractivity contribution is -0.395. The Morgan fingerprint density at radius 3 is 0.475 bits per heavy atom. The number of aryl methyl sites for hydroxylation is 5. The molecule has 0 aliphatic carbocycles. The summed E-state index contributed by atoms with van der Waals surface area (Å²) < 4.78 is 272. The molecule has 0 spiro atoms. The number of aliphatic hydroxyl groups excluding tert-OH is 14. The van der Waals surface area contributed by atoms with E-state index in [1.165, 1.54) is 97.1 Å². The number of rotatable bonds is 26. The molecule has 5 aromatic rings. The zero-order chi connectivity index (χ0) is 103. The van der Waals surface area contributed by atoms with Crippen molar-refractivity contribution in [1.29, 1.82) is 0 Å². The summed E-state index contributed by atoms with van der Waals surface area (Å²) in [6.07, 6.45) is -82.3. The number of hydrogen-bond donors (Lipinski definition) is 14. The van der Waals surface area contributed by atoms with Crippen molar-refractivity contribution in [2.45, 2.75) is 352 Å². The van der Waals surface area contributed by atoms with Gasteiger partial charge in [-0.1, -0.05) is 130 Å². The number of benzene rings is 5. The summed E-state index contributed by atoms with van der Waals surface area (Å²) in [7, 11) is -30.8. The molecule has 21 aliphatic rings. The van der Waals surface area contributed by atoms with Gasteiger partial charge < -0.3 is 147 Å². The minimum absolute atomic E-state index is 0.415. The molecule has 0 unspecified atom stereocenters. The van der Waals surface area contributed by atoms with Crippen molar-refractivity contribution in [3.8, 4) is 0 Å². The molecule has 5 aromatic carbocycles. The first kappa shape index (κ1) is 113. The van der Waals surface area contributed by atoms with E-state index in [9.17, 15) is 114 Å². The van der Waals surface area contributed by atoms with Crippen LogP contribution in [0.4, 0.5) is 0 Å². The van der Waals surface area contributed by atoms with E-state index >= 15 is 0 Å². The van der Waals surface area contributed by atoms with E-state index < -0.39 is 363 Å². The summed E-state index contributed by atoms with van der Waals surface area (Å²) in [5, 5.41) is 175. The summed E-state index contributed by atoms with van der Waals surface area (Å²) in [5.41, 5.74) is 2.98. The first-order chi connectivity index (χ1) is 65.7. The summed E-state index contributed by atoms with van der Waals surface area (Å²) >= 11 is 0. The maximum atomic E-state index is 14.3. The molecule has 0 saturated carbocycles. The van der Waals surface area contributed by atoms with Crippen LogP contribution in [0, 0.1) is 34.6 Å². The molecule has 0 aromatic heterocycles. The average Bonchev–Trinajstić information content (AvgIpc) is 0.893. The largest absolute Gasteiger partial charge is 0.414 e. The Balaban J connectivity index is 0.938. The van der Waals surface area contributed by atoms with Gasteiger partial charge in [0.25, 0.3) is 50.6 Å². The van der Waals surface area contributed by atoms with Gasteiger partial charge in [-0.05, 0) is 132 Å². The fraction of sp³-hybridized carbons (Fsp3) is 0.663. The van der Waals surface area contributed by atoms with Crippen LogP contribution in [0.3, 0.4) is 0 Å². The van der Waals surface area contributed by atoms with Gasteiger partial charge in [0.2, 0.25) is 0 Å².